The molecule has 1 aliphatic rings. The lowest BCUT2D eigenvalue weighted by molar-refractivity contribution is -0.124. The molecular weight excluding hydrogens is 232 g/mol. The predicted octanol–water partition coefficient (Wildman–Crippen LogP) is 0.408. The van der Waals surface area contributed by atoms with Crippen molar-refractivity contribution in [3.8, 4) is 0 Å². The second-order valence-corrected chi connectivity index (χ2v) is 5.07. The molecule has 0 aromatic heterocycles. The van der Waals surface area contributed by atoms with Gasteiger partial charge in [-0.05, 0) is 18.8 Å². The van der Waals surface area contributed by atoms with E-state index in [9.17, 15) is 9.90 Å². The van der Waals surface area contributed by atoms with Gasteiger partial charge in [0.1, 0.15) is 0 Å². The predicted molar refractivity (Wildman–Crippen MR) is 70.1 cm³/mol. The number of aliphatic hydroxyl groups excluding tert-OH is 1. The van der Waals surface area contributed by atoms with Crippen LogP contribution in [-0.4, -0.2) is 43.4 Å². The number of carbonyl (C=O) groups is 1. The minimum absolute atomic E-state index is 0.109. The Morgan fingerprint density at radius 1 is 1.44 bits per heavy atom. The van der Waals surface area contributed by atoms with Crippen molar-refractivity contribution in [1.82, 2.24) is 5.32 Å². The molecule has 0 bridgehead atoms. The number of hydrogen-bond donors (Lipinski definition) is 3. The summed E-state index contributed by atoms with van der Waals surface area (Å²) in [7, 11) is 1.54. The van der Waals surface area contributed by atoms with Gasteiger partial charge in [-0.3, -0.25) is 4.79 Å². The molecule has 0 saturated heterocycles. The first kappa shape index (κ1) is 15.4. The van der Waals surface area contributed by atoms with Gasteiger partial charge in [-0.2, -0.15) is 0 Å². The minimum atomic E-state index is -0.423. The number of methoxy groups -OCH3 is 1. The molecule has 5 nitrogen and oxygen atoms in total. The van der Waals surface area contributed by atoms with Crippen LogP contribution in [0.2, 0.25) is 0 Å². The maximum absolute atomic E-state index is 11.6. The average molecular weight is 258 g/mol. The van der Waals surface area contributed by atoms with E-state index in [2.05, 4.69) is 5.32 Å². The molecule has 5 heteroatoms. The Morgan fingerprint density at radius 3 is 2.67 bits per heavy atom. The Bertz CT molecular complexity index is 238. The average Bonchev–Trinajstić information content (AvgIpc) is 2.43. The van der Waals surface area contributed by atoms with Gasteiger partial charge in [0.05, 0.1) is 18.6 Å². The van der Waals surface area contributed by atoms with E-state index in [1.165, 1.54) is 19.3 Å². The Morgan fingerprint density at radius 2 is 2.11 bits per heavy atom. The number of nitrogens with one attached hydrogen (secondary N) is 1. The van der Waals surface area contributed by atoms with Crippen molar-refractivity contribution in [2.75, 3.05) is 20.2 Å². The number of nitrogens with two attached hydrogens (primary N) is 1. The highest BCUT2D eigenvalue weighted by Crippen LogP contribution is 2.26. The van der Waals surface area contributed by atoms with E-state index in [4.69, 9.17) is 10.5 Å². The first-order valence-corrected chi connectivity index (χ1v) is 6.85. The van der Waals surface area contributed by atoms with Crippen molar-refractivity contribution in [3.63, 3.8) is 0 Å². The number of amides is 1. The Labute approximate surface area is 109 Å². The zero-order chi connectivity index (χ0) is 13.4. The molecule has 0 radical (unpaired) electrons. The normalized spacial score (nSPS) is 20.4. The van der Waals surface area contributed by atoms with Crippen LogP contribution in [0.1, 0.15) is 38.5 Å². The van der Waals surface area contributed by atoms with Crippen LogP contribution >= 0.6 is 0 Å². The lowest BCUT2D eigenvalue weighted by Gasteiger charge is -2.26. The van der Waals surface area contributed by atoms with E-state index in [0.29, 0.717) is 19.0 Å². The summed E-state index contributed by atoms with van der Waals surface area (Å²) in [4.78, 5) is 11.6. The van der Waals surface area contributed by atoms with Gasteiger partial charge < -0.3 is 20.9 Å². The molecule has 1 fully saturated rings. The summed E-state index contributed by atoms with van der Waals surface area (Å²) in [5.74, 6) is 0.230. The minimum Gasteiger partial charge on any atom is -0.391 e. The van der Waals surface area contributed by atoms with E-state index in [1.807, 2.05) is 0 Å². The van der Waals surface area contributed by atoms with E-state index >= 15 is 0 Å². The third-order valence-corrected chi connectivity index (χ3v) is 3.71. The van der Waals surface area contributed by atoms with Crippen LogP contribution in [0.3, 0.4) is 0 Å². The van der Waals surface area contributed by atoms with Crippen molar-refractivity contribution < 1.29 is 14.6 Å². The maximum atomic E-state index is 11.6. The van der Waals surface area contributed by atoms with Crippen molar-refractivity contribution in [3.05, 3.63) is 0 Å². The van der Waals surface area contributed by atoms with Crippen LogP contribution in [0.25, 0.3) is 0 Å². The Hall–Kier alpha value is -0.650. The zero-order valence-electron chi connectivity index (χ0n) is 11.2. The second kappa shape index (κ2) is 8.45. The van der Waals surface area contributed by atoms with Gasteiger partial charge in [-0.15, -0.1) is 0 Å². The molecule has 2 atom stereocenters. The monoisotopic (exact) mass is 258 g/mol. The molecule has 1 saturated carbocycles. The molecule has 0 aliphatic heterocycles. The van der Waals surface area contributed by atoms with Gasteiger partial charge in [0, 0.05) is 20.2 Å². The van der Waals surface area contributed by atoms with Gasteiger partial charge in [-0.25, -0.2) is 0 Å². The van der Waals surface area contributed by atoms with Crippen LogP contribution < -0.4 is 11.1 Å². The molecule has 106 valence electrons. The van der Waals surface area contributed by atoms with Crippen LogP contribution in [0.5, 0.6) is 0 Å². The smallest absolute Gasteiger partial charge is 0.222 e. The number of carbonyl (C=O) groups excluding carboxylic acids is 1. The summed E-state index contributed by atoms with van der Waals surface area (Å²) in [5, 5.41) is 12.8. The van der Waals surface area contributed by atoms with Crippen LogP contribution in [0, 0.1) is 5.92 Å². The molecule has 1 aliphatic carbocycles. The van der Waals surface area contributed by atoms with Gasteiger partial charge in [0.25, 0.3) is 0 Å². The molecule has 0 aromatic carbocycles. The third kappa shape index (κ3) is 5.33. The molecule has 0 heterocycles. The largest absolute Gasteiger partial charge is 0.391 e. The zero-order valence-corrected chi connectivity index (χ0v) is 11.2. The van der Waals surface area contributed by atoms with E-state index < -0.39 is 6.10 Å². The molecular formula is C13H26N2O3. The van der Waals surface area contributed by atoms with Gasteiger partial charge in [0.15, 0.2) is 0 Å². The fraction of sp³-hybridized carbons (Fsp3) is 0.923. The number of rotatable bonds is 7. The fourth-order valence-electron chi connectivity index (χ4n) is 2.45. The second-order valence-electron chi connectivity index (χ2n) is 5.07. The Kier molecular flexibility index (Phi) is 7.23. The lowest BCUT2D eigenvalue weighted by Crippen LogP contribution is -2.39. The highest BCUT2D eigenvalue weighted by Gasteiger charge is 2.22. The van der Waals surface area contributed by atoms with E-state index in [0.717, 1.165) is 12.8 Å². The number of hydrogen-bond acceptors (Lipinski definition) is 4. The topological polar surface area (TPSA) is 84.6 Å². The lowest BCUT2D eigenvalue weighted by atomic mass is 9.85. The molecule has 0 spiro atoms. The standard InChI is InChI=1S/C13H26N2O3/c1-18-11(8-14)7-13(17)15-9-12(16)10-5-3-2-4-6-10/h10-12,16H,2-9,14H2,1H3,(H,15,17). The molecule has 1 rings (SSSR count). The highest BCUT2D eigenvalue weighted by atomic mass is 16.5. The van der Waals surface area contributed by atoms with E-state index in [-0.39, 0.29) is 18.4 Å². The van der Waals surface area contributed by atoms with Gasteiger partial charge in [-0.1, -0.05) is 19.3 Å². The molecule has 4 N–H and O–H groups in total. The van der Waals surface area contributed by atoms with Crippen molar-refractivity contribution >= 4 is 5.91 Å². The van der Waals surface area contributed by atoms with E-state index in [1.54, 1.807) is 7.11 Å². The molecule has 0 aromatic rings. The first-order valence-electron chi connectivity index (χ1n) is 6.85. The fourth-order valence-corrected chi connectivity index (χ4v) is 2.45. The summed E-state index contributed by atoms with van der Waals surface area (Å²) in [6.45, 7) is 0.666. The summed E-state index contributed by atoms with van der Waals surface area (Å²) in [6.07, 6.45) is 5.38. The first-order chi connectivity index (χ1) is 8.67. The number of ether oxygens (including phenoxy) is 1. The third-order valence-electron chi connectivity index (χ3n) is 3.71. The molecule has 1 amide bonds. The molecule has 2 unspecified atom stereocenters. The maximum Gasteiger partial charge on any atom is 0.222 e. The van der Waals surface area contributed by atoms with Crippen LogP contribution in [0.4, 0.5) is 0 Å². The van der Waals surface area contributed by atoms with Crippen LogP contribution in [0.15, 0.2) is 0 Å². The summed E-state index contributed by atoms with van der Waals surface area (Å²) >= 11 is 0. The van der Waals surface area contributed by atoms with Crippen molar-refractivity contribution in [2.24, 2.45) is 11.7 Å². The summed E-state index contributed by atoms with van der Waals surface area (Å²) in [6, 6.07) is 0. The van der Waals surface area contributed by atoms with Crippen molar-refractivity contribution in [1.29, 1.82) is 0 Å². The van der Waals surface area contributed by atoms with Gasteiger partial charge >= 0.3 is 0 Å². The Balaban J connectivity index is 2.20. The molecule has 18 heavy (non-hydrogen) atoms. The highest BCUT2D eigenvalue weighted by molar-refractivity contribution is 5.76. The summed E-state index contributed by atoms with van der Waals surface area (Å²) < 4.78 is 5.04. The number of aliphatic hydroxyl groups is 1. The SMILES string of the molecule is COC(CN)CC(=O)NCC(O)C1CCCCC1. The van der Waals surface area contributed by atoms with Crippen molar-refractivity contribution in [2.45, 2.75) is 50.7 Å². The van der Waals surface area contributed by atoms with Gasteiger partial charge in [0.2, 0.25) is 5.91 Å². The van der Waals surface area contributed by atoms with Crippen LogP contribution in [-0.2, 0) is 9.53 Å². The quantitative estimate of drug-likeness (QED) is 0.617. The summed E-state index contributed by atoms with van der Waals surface area (Å²) in [5.41, 5.74) is 5.45.